The molecule has 0 aliphatic rings. The van der Waals surface area contributed by atoms with E-state index < -0.39 is 0 Å². The van der Waals surface area contributed by atoms with Crippen molar-refractivity contribution in [2.24, 2.45) is 7.05 Å². The number of hydrogen-bond donors (Lipinski definition) is 2. The van der Waals surface area contributed by atoms with E-state index in [9.17, 15) is 4.79 Å². The number of carbonyl (C=O) groups excluding carboxylic acids is 1. The van der Waals surface area contributed by atoms with Crippen LogP contribution in [0.1, 0.15) is 23.0 Å². The van der Waals surface area contributed by atoms with E-state index in [2.05, 4.69) is 10.4 Å². The van der Waals surface area contributed by atoms with Gasteiger partial charge in [0.15, 0.2) is 0 Å². The summed E-state index contributed by atoms with van der Waals surface area (Å²) < 4.78 is 1.70. The number of nitrogens with zero attached hydrogens (tertiary/aromatic N) is 3. The lowest BCUT2D eigenvalue weighted by molar-refractivity contribution is 0.102. The summed E-state index contributed by atoms with van der Waals surface area (Å²) in [5.41, 5.74) is 9.33. The Morgan fingerprint density at radius 2 is 2.14 bits per heavy atom. The van der Waals surface area contributed by atoms with Gasteiger partial charge in [-0.1, -0.05) is 6.92 Å². The molecule has 0 fully saturated rings. The van der Waals surface area contributed by atoms with Crippen LogP contribution in [0.4, 0.5) is 17.1 Å². The van der Waals surface area contributed by atoms with Gasteiger partial charge in [0.25, 0.3) is 5.91 Å². The monoisotopic (exact) mass is 287 g/mol. The Balaban J connectivity index is 2.34. The predicted octanol–water partition coefficient (Wildman–Crippen LogP) is 1.88. The molecule has 21 heavy (non-hydrogen) atoms. The molecule has 112 valence electrons. The maximum atomic E-state index is 12.5. The summed E-state index contributed by atoms with van der Waals surface area (Å²) in [6, 6.07) is 5.31. The van der Waals surface area contributed by atoms with Crippen molar-refractivity contribution in [3.05, 3.63) is 35.7 Å². The van der Waals surface area contributed by atoms with Crippen molar-refractivity contribution in [1.82, 2.24) is 9.78 Å². The Morgan fingerprint density at radius 1 is 1.43 bits per heavy atom. The van der Waals surface area contributed by atoms with Gasteiger partial charge in [-0.05, 0) is 24.6 Å². The predicted molar refractivity (Wildman–Crippen MR) is 85.7 cm³/mol. The molecule has 0 atom stereocenters. The summed E-state index contributed by atoms with van der Waals surface area (Å²) in [5.74, 6) is -0.186. The highest BCUT2D eigenvalue weighted by Gasteiger charge is 2.16. The van der Waals surface area contributed by atoms with Crippen molar-refractivity contribution in [3.63, 3.8) is 0 Å². The van der Waals surface area contributed by atoms with Crippen molar-refractivity contribution >= 4 is 23.0 Å². The Morgan fingerprint density at radius 3 is 2.76 bits per heavy atom. The zero-order chi connectivity index (χ0) is 15.6. The maximum Gasteiger partial charge on any atom is 0.257 e. The van der Waals surface area contributed by atoms with Crippen LogP contribution in [0.15, 0.2) is 24.4 Å². The van der Waals surface area contributed by atoms with Crippen molar-refractivity contribution < 1.29 is 4.79 Å². The minimum Gasteiger partial charge on any atom is -0.399 e. The Hall–Kier alpha value is -2.50. The first-order valence-electron chi connectivity index (χ1n) is 6.83. The molecule has 0 unspecified atom stereocenters. The van der Waals surface area contributed by atoms with E-state index in [4.69, 9.17) is 5.73 Å². The molecule has 0 radical (unpaired) electrons. The number of benzene rings is 1. The minimum absolute atomic E-state index is 0.186. The van der Waals surface area contributed by atoms with E-state index >= 15 is 0 Å². The SMILES string of the molecule is CCc1nn(C)cc1NC(=O)c1cc(N)ccc1N(C)C. The van der Waals surface area contributed by atoms with E-state index in [1.54, 1.807) is 23.0 Å². The molecular formula is C15H21N5O. The first-order valence-corrected chi connectivity index (χ1v) is 6.83. The van der Waals surface area contributed by atoms with Gasteiger partial charge in [0.1, 0.15) is 0 Å². The third kappa shape index (κ3) is 3.16. The number of nitrogen functional groups attached to an aromatic ring is 1. The normalized spacial score (nSPS) is 10.5. The van der Waals surface area contributed by atoms with E-state index in [0.29, 0.717) is 11.3 Å². The average molecular weight is 287 g/mol. The summed E-state index contributed by atoms with van der Waals surface area (Å²) in [5, 5.41) is 7.23. The van der Waals surface area contributed by atoms with Crippen LogP contribution in [0.5, 0.6) is 0 Å². The second-order valence-electron chi connectivity index (χ2n) is 5.14. The Bertz CT molecular complexity index is 660. The molecule has 1 aromatic heterocycles. The molecule has 0 saturated heterocycles. The average Bonchev–Trinajstić information content (AvgIpc) is 2.78. The van der Waals surface area contributed by atoms with Gasteiger partial charge in [0, 0.05) is 38.7 Å². The number of amides is 1. The molecule has 1 heterocycles. The van der Waals surface area contributed by atoms with Gasteiger partial charge in [0.05, 0.1) is 16.9 Å². The lowest BCUT2D eigenvalue weighted by Crippen LogP contribution is -2.19. The van der Waals surface area contributed by atoms with Gasteiger partial charge >= 0.3 is 0 Å². The van der Waals surface area contributed by atoms with E-state index in [1.165, 1.54) is 0 Å². The molecule has 0 bridgehead atoms. The standard InChI is InChI=1S/C15H21N5O/c1-5-12-13(9-20(4)18-12)17-15(21)11-8-10(16)6-7-14(11)19(2)3/h6-9H,5,16H2,1-4H3,(H,17,21). The van der Waals surface area contributed by atoms with Crippen LogP contribution in [0.3, 0.4) is 0 Å². The number of aryl methyl sites for hydroxylation is 2. The van der Waals surface area contributed by atoms with Crippen LogP contribution in [0.2, 0.25) is 0 Å². The van der Waals surface area contributed by atoms with Crippen LogP contribution in [-0.2, 0) is 13.5 Å². The van der Waals surface area contributed by atoms with Crippen LogP contribution in [0.25, 0.3) is 0 Å². The molecule has 0 aliphatic carbocycles. The fourth-order valence-corrected chi connectivity index (χ4v) is 2.22. The molecule has 6 heteroatoms. The highest BCUT2D eigenvalue weighted by atomic mass is 16.1. The zero-order valence-corrected chi connectivity index (χ0v) is 12.8. The van der Waals surface area contributed by atoms with E-state index in [1.807, 2.05) is 39.0 Å². The van der Waals surface area contributed by atoms with Crippen molar-refractivity contribution in [3.8, 4) is 0 Å². The van der Waals surface area contributed by atoms with E-state index in [-0.39, 0.29) is 5.91 Å². The molecule has 0 saturated carbocycles. The zero-order valence-electron chi connectivity index (χ0n) is 12.8. The van der Waals surface area contributed by atoms with Crippen LogP contribution >= 0.6 is 0 Å². The second kappa shape index (κ2) is 5.87. The van der Waals surface area contributed by atoms with E-state index in [0.717, 1.165) is 23.5 Å². The molecule has 3 N–H and O–H groups in total. The maximum absolute atomic E-state index is 12.5. The molecule has 0 aliphatic heterocycles. The van der Waals surface area contributed by atoms with Gasteiger partial charge in [-0.3, -0.25) is 9.48 Å². The quantitative estimate of drug-likeness (QED) is 0.842. The van der Waals surface area contributed by atoms with Gasteiger partial charge in [0.2, 0.25) is 0 Å². The number of aromatic nitrogens is 2. The molecular weight excluding hydrogens is 266 g/mol. The summed E-state index contributed by atoms with van der Waals surface area (Å²) in [6.07, 6.45) is 2.56. The molecule has 1 aromatic carbocycles. The first-order chi connectivity index (χ1) is 9.92. The first kappa shape index (κ1) is 14.9. The highest BCUT2D eigenvalue weighted by molar-refractivity contribution is 6.08. The fraction of sp³-hybridized carbons (Fsp3) is 0.333. The second-order valence-corrected chi connectivity index (χ2v) is 5.14. The third-order valence-electron chi connectivity index (χ3n) is 3.24. The van der Waals surface area contributed by atoms with Crippen LogP contribution in [0, 0.1) is 0 Å². The molecule has 6 nitrogen and oxygen atoms in total. The van der Waals surface area contributed by atoms with Gasteiger partial charge in [-0.25, -0.2) is 0 Å². The smallest absolute Gasteiger partial charge is 0.257 e. The Labute approximate surface area is 124 Å². The van der Waals surface area contributed by atoms with Crippen molar-refractivity contribution in [1.29, 1.82) is 0 Å². The number of rotatable bonds is 4. The number of anilines is 3. The Kier molecular flexibility index (Phi) is 4.16. The summed E-state index contributed by atoms with van der Waals surface area (Å²) in [7, 11) is 5.62. The minimum atomic E-state index is -0.186. The molecule has 2 aromatic rings. The lowest BCUT2D eigenvalue weighted by atomic mass is 10.1. The number of nitrogens with two attached hydrogens (primary N) is 1. The third-order valence-corrected chi connectivity index (χ3v) is 3.24. The highest BCUT2D eigenvalue weighted by Crippen LogP contribution is 2.23. The number of nitrogens with one attached hydrogen (secondary N) is 1. The van der Waals surface area contributed by atoms with Gasteiger partial charge < -0.3 is 16.0 Å². The van der Waals surface area contributed by atoms with Crippen LogP contribution < -0.4 is 16.0 Å². The summed E-state index contributed by atoms with van der Waals surface area (Å²) in [6.45, 7) is 2.00. The summed E-state index contributed by atoms with van der Waals surface area (Å²) >= 11 is 0. The number of hydrogen-bond acceptors (Lipinski definition) is 4. The largest absolute Gasteiger partial charge is 0.399 e. The summed E-state index contributed by atoms with van der Waals surface area (Å²) in [4.78, 5) is 14.4. The lowest BCUT2D eigenvalue weighted by Gasteiger charge is -2.17. The topological polar surface area (TPSA) is 76.2 Å². The number of carbonyl (C=O) groups is 1. The molecule has 1 amide bonds. The molecule has 2 rings (SSSR count). The van der Waals surface area contributed by atoms with Gasteiger partial charge in [-0.15, -0.1) is 0 Å². The van der Waals surface area contributed by atoms with Crippen molar-refractivity contribution in [2.75, 3.05) is 30.0 Å². The van der Waals surface area contributed by atoms with Gasteiger partial charge in [-0.2, -0.15) is 5.10 Å². The fourth-order valence-electron chi connectivity index (χ4n) is 2.22. The van der Waals surface area contributed by atoms with Crippen LogP contribution in [-0.4, -0.2) is 29.8 Å². The van der Waals surface area contributed by atoms with Crippen molar-refractivity contribution in [2.45, 2.75) is 13.3 Å². The molecule has 0 spiro atoms.